The second-order valence-electron chi connectivity index (χ2n) is 5.22. The highest BCUT2D eigenvalue weighted by atomic mass is 32.1. The van der Waals surface area contributed by atoms with Gasteiger partial charge in [0, 0.05) is 11.4 Å². The fraction of sp³-hybridized carbons (Fsp3) is 0.692. The Morgan fingerprint density at radius 2 is 2.21 bits per heavy atom. The van der Waals surface area contributed by atoms with Gasteiger partial charge in [-0.3, -0.25) is 4.79 Å². The maximum atomic E-state index is 10.8. The molecule has 1 aromatic heterocycles. The van der Waals surface area contributed by atoms with Crippen LogP contribution in [0.3, 0.4) is 0 Å². The number of anilines is 1. The molecule has 2 rings (SSSR count). The van der Waals surface area contributed by atoms with Gasteiger partial charge in [-0.05, 0) is 25.7 Å². The summed E-state index contributed by atoms with van der Waals surface area (Å²) in [6.07, 6.45) is 6.49. The van der Waals surface area contributed by atoms with Crippen molar-refractivity contribution in [3.8, 4) is 0 Å². The number of carboxylic acids is 1. The highest BCUT2D eigenvalue weighted by Gasteiger charge is 2.22. The summed E-state index contributed by atoms with van der Waals surface area (Å²) in [7, 11) is 0. The minimum Gasteiger partial charge on any atom is -0.480 e. The monoisotopic (exact) mass is 283 g/mol. The van der Waals surface area contributed by atoms with Crippen molar-refractivity contribution >= 4 is 22.4 Å². The van der Waals surface area contributed by atoms with E-state index in [1.54, 1.807) is 5.38 Å². The number of aliphatic carboxylic acids is 1. The number of nitrogens with two attached hydrogens (primary N) is 1. The molecule has 2 unspecified atom stereocenters. The fourth-order valence-corrected chi connectivity index (χ4v) is 3.41. The lowest BCUT2D eigenvalue weighted by molar-refractivity contribution is -0.138. The van der Waals surface area contributed by atoms with Crippen LogP contribution in [0.1, 0.15) is 50.8 Å². The molecule has 106 valence electrons. The van der Waals surface area contributed by atoms with Crippen LogP contribution in [0.15, 0.2) is 5.38 Å². The molecule has 0 aromatic carbocycles. The van der Waals surface area contributed by atoms with Gasteiger partial charge in [0.25, 0.3) is 0 Å². The van der Waals surface area contributed by atoms with Gasteiger partial charge in [0.15, 0.2) is 5.13 Å². The third kappa shape index (κ3) is 3.67. The molecule has 0 amide bonds. The average Bonchev–Trinajstić information content (AvgIpc) is 2.87. The Morgan fingerprint density at radius 3 is 2.84 bits per heavy atom. The number of carbonyl (C=O) groups is 1. The predicted octanol–water partition coefficient (Wildman–Crippen LogP) is 2.61. The van der Waals surface area contributed by atoms with E-state index in [-0.39, 0.29) is 0 Å². The molecule has 5 nitrogen and oxygen atoms in total. The third-order valence-corrected chi connectivity index (χ3v) is 4.61. The molecule has 1 saturated carbocycles. The number of thiazole rings is 1. The number of hydrogen-bond donors (Lipinski definition) is 3. The molecule has 2 atom stereocenters. The van der Waals surface area contributed by atoms with Crippen molar-refractivity contribution in [1.29, 1.82) is 0 Å². The van der Waals surface area contributed by atoms with Crippen LogP contribution in [0.2, 0.25) is 0 Å². The Hall–Kier alpha value is -1.14. The Bertz CT molecular complexity index is 429. The highest BCUT2D eigenvalue weighted by molar-refractivity contribution is 7.13. The van der Waals surface area contributed by atoms with E-state index in [1.807, 2.05) is 0 Å². The maximum Gasteiger partial charge on any atom is 0.326 e. The van der Waals surface area contributed by atoms with Gasteiger partial charge in [-0.1, -0.05) is 19.3 Å². The van der Waals surface area contributed by atoms with Gasteiger partial charge in [0.2, 0.25) is 0 Å². The third-order valence-electron chi connectivity index (χ3n) is 3.81. The molecule has 0 saturated heterocycles. The van der Waals surface area contributed by atoms with Crippen molar-refractivity contribution in [2.24, 2.45) is 11.7 Å². The molecule has 0 radical (unpaired) electrons. The minimum absolute atomic E-state index is 0.375. The summed E-state index contributed by atoms with van der Waals surface area (Å²) in [5, 5.41) is 14.7. The highest BCUT2D eigenvalue weighted by Crippen LogP contribution is 2.29. The van der Waals surface area contributed by atoms with Gasteiger partial charge in [0.1, 0.15) is 6.04 Å². The molecule has 1 aromatic rings. The summed E-state index contributed by atoms with van der Waals surface area (Å²) >= 11 is 1.42. The molecule has 4 N–H and O–H groups in total. The van der Waals surface area contributed by atoms with E-state index in [4.69, 9.17) is 10.8 Å². The Labute approximate surface area is 117 Å². The van der Waals surface area contributed by atoms with Crippen molar-refractivity contribution < 1.29 is 9.90 Å². The predicted molar refractivity (Wildman–Crippen MR) is 76.3 cm³/mol. The van der Waals surface area contributed by atoms with Crippen LogP contribution < -0.4 is 11.1 Å². The van der Waals surface area contributed by atoms with Crippen molar-refractivity contribution in [2.45, 2.75) is 51.1 Å². The van der Waals surface area contributed by atoms with E-state index in [1.165, 1.54) is 43.4 Å². The number of aromatic nitrogens is 1. The zero-order valence-electron chi connectivity index (χ0n) is 11.1. The van der Waals surface area contributed by atoms with E-state index in [2.05, 4.69) is 17.2 Å². The molecule has 19 heavy (non-hydrogen) atoms. The van der Waals surface area contributed by atoms with Gasteiger partial charge in [0.05, 0.1) is 5.69 Å². The van der Waals surface area contributed by atoms with Gasteiger partial charge >= 0.3 is 5.97 Å². The Kier molecular flexibility index (Phi) is 4.76. The van der Waals surface area contributed by atoms with Crippen molar-refractivity contribution in [3.63, 3.8) is 0 Å². The summed E-state index contributed by atoms with van der Waals surface area (Å²) in [5.74, 6) is -0.355. The van der Waals surface area contributed by atoms with Gasteiger partial charge in [-0.15, -0.1) is 11.3 Å². The van der Waals surface area contributed by atoms with E-state index >= 15 is 0 Å². The van der Waals surface area contributed by atoms with E-state index in [9.17, 15) is 4.79 Å². The van der Waals surface area contributed by atoms with Crippen LogP contribution in [0.4, 0.5) is 5.13 Å². The molecule has 1 fully saturated rings. The quantitative estimate of drug-likeness (QED) is 0.773. The van der Waals surface area contributed by atoms with Crippen LogP contribution in [0.5, 0.6) is 0 Å². The lowest BCUT2D eigenvalue weighted by atomic mass is 9.85. The minimum atomic E-state index is -1.04. The second kappa shape index (κ2) is 6.34. The van der Waals surface area contributed by atoms with Gasteiger partial charge in [-0.2, -0.15) is 0 Å². The standard InChI is InChI=1S/C13H21N3O2S/c1-8(9-5-3-2-4-6-9)15-13-16-10(7-19-13)11(14)12(17)18/h7-9,11H,2-6,14H2,1H3,(H,15,16)(H,17,18). The van der Waals surface area contributed by atoms with Crippen LogP contribution >= 0.6 is 11.3 Å². The normalized spacial score (nSPS) is 19.9. The zero-order valence-corrected chi connectivity index (χ0v) is 11.9. The number of nitrogens with one attached hydrogen (secondary N) is 1. The van der Waals surface area contributed by atoms with Crippen molar-refractivity contribution in [3.05, 3.63) is 11.1 Å². The smallest absolute Gasteiger partial charge is 0.326 e. The molecule has 6 heteroatoms. The number of nitrogens with zero attached hydrogens (tertiary/aromatic N) is 1. The van der Waals surface area contributed by atoms with Crippen LogP contribution in [0, 0.1) is 5.92 Å². The Morgan fingerprint density at radius 1 is 1.53 bits per heavy atom. The van der Waals surface area contributed by atoms with Crippen LogP contribution in [-0.2, 0) is 4.79 Å². The van der Waals surface area contributed by atoms with Crippen LogP contribution in [-0.4, -0.2) is 22.1 Å². The summed E-state index contributed by atoms with van der Waals surface area (Å²) in [6.45, 7) is 2.17. The average molecular weight is 283 g/mol. The molecular weight excluding hydrogens is 262 g/mol. The first kappa shape index (κ1) is 14.3. The molecule has 0 aliphatic heterocycles. The van der Waals surface area contributed by atoms with Crippen LogP contribution in [0.25, 0.3) is 0 Å². The largest absolute Gasteiger partial charge is 0.480 e. The maximum absolute atomic E-state index is 10.8. The lowest BCUT2D eigenvalue weighted by Crippen LogP contribution is -2.27. The molecule has 1 heterocycles. The van der Waals surface area contributed by atoms with Crippen molar-refractivity contribution in [2.75, 3.05) is 5.32 Å². The first-order valence-corrected chi connectivity index (χ1v) is 7.66. The Balaban J connectivity index is 1.93. The second-order valence-corrected chi connectivity index (χ2v) is 6.08. The van der Waals surface area contributed by atoms with E-state index in [0.29, 0.717) is 17.7 Å². The van der Waals surface area contributed by atoms with Gasteiger partial charge in [-0.25, -0.2) is 4.98 Å². The summed E-state index contributed by atoms with van der Waals surface area (Å²) < 4.78 is 0. The zero-order chi connectivity index (χ0) is 13.8. The first-order chi connectivity index (χ1) is 9.08. The molecular formula is C13H21N3O2S. The molecule has 1 aliphatic rings. The lowest BCUT2D eigenvalue weighted by Gasteiger charge is -2.28. The molecule has 1 aliphatic carbocycles. The topological polar surface area (TPSA) is 88.2 Å². The fourth-order valence-electron chi connectivity index (χ4n) is 2.57. The summed E-state index contributed by atoms with van der Waals surface area (Å²) in [5.41, 5.74) is 5.97. The first-order valence-electron chi connectivity index (χ1n) is 6.78. The molecule has 0 bridgehead atoms. The number of hydrogen-bond acceptors (Lipinski definition) is 5. The van der Waals surface area contributed by atoms with Gasteiger partial charge < -0.3 is 16.2 Å². The summed E-state index contributed by atoms with van der Waals surface area (Å²) in [4.78, 5) is 15.1. The van der Waals surface area contributed by atoms with E-state index < -0.39 is 12.0 Å². The number of carboxylic acid groups (broad SMARTS) is 1. The van der Waals surface area contributed by atoms with E-state index in [0.717, 1.165) is 5.13 Å². The SMILES string of the molecule is CC(Nc1nc(C(N)C(=O)O)cs1)C1CCCCC1. The number of rotatable bonds is 5. The summed E-state index contributed by atoms with van der Waals surface area (Å²) in [6, 6.07) is -0.655. The van der Waals surface area contributed by atoms with Crippen molar-refractivity contribution in [1.82, 2.24) is 4.98 Å². The molecule has 0 spiro atoms.